The van der Waals surface area contributed by atoms with Crippen LogP contribution in [-0.2, 0) is 6.61 Å². The minimum Gasteiger partial charge on any atom is -0.489 e. The van der Waals surface area contributed by atoms with Crippen molar-refractivity contribution in [2.24, 2.45) is 0 Å². The summed E-state index contributed by atoms with van der Waals surface area (Å²) in [6, 6.07) is 19.4. The van der Waals surface area contributed by atoms with Gasteiger partial charge in [-0.1, -0.05) is 42.0 Å². The minimum atomic E-state index is -0.324. The highest BCUT2D eigenvalue weighted by molar-refractivity contribution is 6.04. The normalized spacial score (nSPS) is 11.1. The highest BCUT2D eigenvalue weighted by atomic mass is 16.5. The number of rotatable bonds is 3. The lowest BCUT2D eigenvalue weighted by atomic mass is 10.1. The zero-order valence-corrected chi connectivity index (χ0v) is 14.2. The molecule has 0 bridgehead atoms. The monoisotopic (exact) mass is 330 g/mol. The summed E-state index contributed by atoms with van der Waals surface area (Å²) < 4.78 is 11.4. The fraction of sp³-hybridized carbons (Fsp3) is 0.136. The Balaban J connectivity index is 1.71. The Hall–Kier alpha value is -3.07. The van der Waals surface area contributed by atoms with Gasteiger partial charge in [-0.3, -0.25) is 0 Å². The number of hydrogen-bond acceptors (Lipinski definition) is 3. The summed E-state index contributed by atoms with van der Waals surface area (Å²) in [6.07, 6.45) is 0. The molecule has 0 unspecified atom stereocenters. The highest BCUT2D eigenvalue weighted by Crippen LogP contribution is 2.27. The van der Waals surface area contributed by atoms with Crippen LogP contribution in [0.25, 0.3) is 21.7 Å². The van der Waals surface area contributed by atoms with Gasteiger partial charge in [-0.15, -0.1) is 0 Å². The van der Waals surface area contributed by atoms with Crippen LogP contribution in [-0.4, -0.2) is 0 Å². The van der Waals surface area contributed by atoms with Gasteiger partial charge in [0.05, 0.1) is 5.39 Å². The second kappa shape index (κ2) is 6.10. The number of ether oxygens (including phenoxy) is 1. The SMILES string of the molecule is Cc1ccc(C)c(COc2ccc3c(c2)oc(=O)c2ccccc23)c1. The van der Waals surface area contributed by atoms with E-state index in [0.29, 0.717) is 23.3 Å². The molecule has 0 aliphatic rings. The molecule has 0 fully saturated rings. The summed E-state index contributed by atoms with van der Waals surface area (Å²) in [7, 11) is 0. The lowest BCUT2D eigenvalue weighted by Crippen LogP contribution is -2.01. The smallest absolute Gasteiger partial charge is 0.344 e. The quantitative estimate of drug-likeness (QED) is 0.385. The van der Waals surface area contributed by atoms with Crippen LogP contribution < -0.4 is 10.4 Å². The first-order valence-corrected chi connectivity index (χ1v) is 8.26. The predicted molar refractivity (Wildman–Crippen MR) is 100 cm³/mol. The standard InChI is InChI=1S/C22H18O3/c1-14-7-8-15(2)16(11-14)13-24-17-9-10-19-18-5-3-4-6-20(18)22(23)25-21(19)12-17/h3-12H,13H2,1-2H3. The van der Waals surface area contributed by atoms with Crippen molar-refractivity contribution in [3.8, 4) is 5.75 Å². The van der Waals surface area contributed by atoms with E-state index >= 15 is 0 Å². The first-order chi connectivity index (χ1) is 12.1. The Morgan fingerprint density at radius 2 is 1.68 bits per heavy atom. The molecule has 124 valence electrons. The summed E-state index contributed by atoms with van der Waals surface area (Å²) in [5, 5.41) is 2.41. The van der Waals surface area contributed by atoms with Crippen LogP contribution in [0.1, 0.15) is 16.7 Å². The van der Waals surface area contributed by atoms with Crippen LogP contribution in [0.2, 0.25) is 0 Å². The Kier molecular flexibility index (Phi) is 3.77. The van der Waals surface area contributed by atoms with E-state index in [2.05, 4.69) is 32.0 Å². The molecule has 0 aliphatic carbocycles. The highest BCUT2D eigenvalue weighted by Gasteiger charge is 2.08. The van der Waals surface area contributed by atoms with Crippen LogP contribution >= 0.6 is 0 Å². The van der Waals surface area contributed by atoms with Gasteiger partial charge in [0.25, 0.3) is 0 Å². The molecule has 1 heterocycles. The van der Waals surface area contributed by atoms with Gasteiger partial charge in [0.1, 0.15) is 17.9 Å². The van der Waals surface area contributed by atoms with Gasteiger partial charge in [-0.05, 0) is 48.6 Å². The maximum atomic E-state index is 12.2. The van der Waals surface area contributed by atoms with E-state index in [1.807, 2.05) is 30.3 Å². The van der Waals surface area contributed by atoms with E-state index in [4.69, 9.17) is 9.15 Å². The Morgan fingerprint density at radius 3 is 2.52 bits per heavy atom. The van der Waals surface area contributed by atoms with Crippen molar-refractivity contribution in [1.29, 1.82) is 0 Å². The fourth-order valence-corrected chi connectivity index (χ4v) is 3.07. The minimum absolute atomic E-state index is 0.324. The third-order valence-electron chi connectivity index (χ3n) is 4.49. The van der Waals surface area contributed by atoms with Crippen molar-refractivity contribution >= 4 is 21.7 Å². The van der Waals surface area contributed by atoms with Crippen LogP contribution in [0.5, 0.6) is 5.75 Å². The van der Waals surface area contributed by atoms with Gasteiger partial charge in [0, 0.05) is 11.5 Å². The lowest BCUT2D eigenvalue weighted by molar-refractivity contribution is 0.305. The summed E-state index contributed by atoms with van der Waals surface area (Å²) in [6.45, 7) is 4.62. The largest absolute Gasteiger partial charge is 0.489 e. The second-order valence-electron chi connectivity index (χ2n) is 6.31. The number of benzene rings is 3. The summed E-state index contributed by atoms with van der Waals surface area (Å²) in [4.78, 5) is 12.2. The molecule has 3 heteroatoms. The van der Waals surface area contributed by atoms with Crippen LogP contribution in [0.4, 0.5) is 0 Å². The summed E-state index contributed by atoms with van der Waals surface area (Å²) >= 11 is 0. The van der Waals surface area contributed by atoms with Crippen molar-refractivity contribution in [2.75, 3.05) is 0 Å². The molecule has 0 radical (unpaired) electrons. The molecule has 0 saturated heterocycles. The van der Waals surface area contributed by atoms with Crippen LogP contribution in [0, 0.1) is 13.8 Å². The number of aryl methyl sites for hydroxylation is 2. The predicted octanol–water partition coefficient (Wildman–Crippen LogP) is 5.14. The van der Waals surface area contributed by atoms with Gasteiger partial charge in [-0.25, -0.2) is 4.79 Å². The van der Waals surface area contributed by atoms with Gasteiger partial charge >= 0.3 is 5.63 Å². The fourth-order valence-electron chi connectivity index (χ4n) is 3.07. The molecule has 1 aromatic heterocycles. The second-order valence-corrected chi connectivity index (χ2v) is 6.31. The van der Waals surface area contributed by atoms with E-state index in [9.17, 15) is 4.79 Å². The van der Waals surface area contributed by atoms with Crippen LogP contribution in [0.3, 0.4) is 0 Å². The molecule has 0 saturated carbocycles. The van der Waals surface area contributed by atoms with Crippen molar-refractivity contribution in [2.45, 2.75) is 20.5 Å². The Labute approximate surface area is 145 Å². The van der Waals surface area contributed by atoms with Gasteiger partial charge in [-0.2, -0.15) is 0 Å². The number of fused-ring (bicyclic) bond motifs is 3. The molecule has 3 aromatic carbocycles. The van der Waals surface area contributed by atoms with E-state index in [1.165, 1.54) is 11.1 Å². The molecule has 0 amide bonds. The average molecular weight is 330 g/mol. The molecule has 3 nitrogen and oxygen atoms in total. The molecule has 4 rings (SSSR count). The molecular formula is C22H18O3. The molecule has 25 heavy (non-hydrogen) atoms. The Bertz CT molecular complexity index is 1140. The first kappa shape index (κ1) is 15.5. The van der Waals surface area contributed by atoms with Crippen molar-refractivity contribution in [3.63, 3.8) is 0 Å². The molecule has 0 spiro atoms. The first-order valence-electron chi connectivity index (χ1n) is 8.26. The third kappa shape index (κ3) is 2.89. The zero-order chi connectivity index (χ0) is 17.4. The summed E-state index contributed by atoms with van der Waals surface area (Å²) in [5.74, 6) is 0.687. The molecular weight excluding hydrogens is 312 g/mol. The average Bonchev–Trinajstić information content (AvgIpc) is 2.62. The van der Waals surface area contributed by atoms with Crippen molar-refractivity contribution in [1.82, 2.24) is 0 Å². The van der Waals surface area contributed by atoms with Crippen molar-refractivity contribution in [3.05, 3.63) is 87.8 Å². The van der Waals surface area contributed by atoms with E-state index in [1.54, 1.807) is 12.1 Å². The van der Waals surface area contributed by atoms with E-state index in [0.717, 1.165) is 16.3 Å². The lowest BCUT2D eigenvalue weighted by Gasteiger charge is -2.10. The van der Waals surface area contributed by atoms with E-state index in [-0.39, 0.29) is 5.63 Å². The van der Waals surface area contributed by atoms with Crippen molar-refractivity contribution < 1.29 is 9.15 Å². The molecule has 0 aliphatic heterocycles. The maximum Gasteiger partial charge on any atom is 0.344 e. The maximum absolute atomic E-state index is 12.2. The van der Waals surface area contributed by atoms with Gasteiger partial charge < -0.3 is 9.15 Å². The van der Waals surface area contributed by atoms with E-state index < -0.39 is 0 Å². The topological polar surface area (TPSA) is 39.4 Å². The van der Waals surface area contributed by atoms with Gasteiger partial charge in [0.2, 0.25) is 0 Å². The zero-order valence-electron chi connectivity index (χ0n) is 14.2. The van der Waals surface area contributed by atoms with Crippen LogP contribution in [0.15, 0.2) is 69.9 Å². The third-order valence-corrected chi connectivity index (χ3v) is 4.49. The number of hydrogen-bond donors (Lipinski definition) is 0. The molecule has 4 aromatic rings. The summed E-state index contributed by atoms with van der Waals surface area (Å²) in [5.41, 5.74) is 3.78. The molecule has 0 atom stereocenters. The Morgan fingerprint density at radius 1 is 0.880 bits per heavy atom. The molecule has 0 N–H and O–H groups in total. The van der Waals surface area contributed by atoms with Gasteiger partial charge in [0.15, 0.2) is 0 Å².